The third kappa shape index (κ3) is 3.48. The summed E-state index contributed by atoms with van der Waals surface area (Å²) >= 11 is 0. The first-order valence-electron chi connectivity index (χ1n) is 7.72. The van der Waals surface area contributed by atoms with Gasteiger partial charge in [-0.25, -0.2) is 13.1 Å². The fourth-order valence-corrected chi connectivity index (χ4v) is 3.02. The maximum atomic E-state index is 11.7. The quantitative estimate of drug-likeness (QED) is 0.671. The number of azo groups is 1. The number of hydrogen-bond acceptors (Lipinski definition) is 6. The van der Waals surface area contributed by atoms with Crippen molar-refractivity contribution in [3.05, 3.63) is 60.3 Å². The van der Waals surface area contributed by atoms with E-state index in [2.05, 4.69) is 20.0 Å². The molecule has 0 atom stereocenters. The lowest BCUT2D eigenvalue weighted by Crippen LogP contribution is -2.18. The molecule has 2 aromatic carbocycles. The van der Waals surface area contributed by atoms with E-state index in [4.69, 9.17) is 0 Å². The zero-order chi connectivity index (χ0) is 18.7. The average molecular weight is 371 g/mol. The Bertz CT molecular complexity index is 1040. The van der Waals surface area contributed by atoms with Crippen LogP contribution in [0.4, 0.5) is 11.4 Å². The van der Waals surface area contributed by atoms with Gasteiger partial charge in [-0.05, 0) is 50.4 Å². The predicted molar refractivity (Wildman–Crippen MR) is 96.8 cm³/mol. The van der Waals surface area contributed by atoms with Crippen molar-refractivity contribution >= 4 is 21.4 Å². The molecular weight excluding hydrogens is 354 g/mol. The first-order chi connectivity index (χ1) is 12.4. The number of aryl methyl sites for hydroxylation is 1. The smallest absolute Gasteiger partial charge is 0.243 e. The highest BCUT2D eigenvalue weighted by Gasteiger charge is 2.15. The molecule has 0 saturated heterocycles. The maximum absolute atomic E-state index is 11.7. The minimum absolute atomic E-state index is 0.119. The monoisotopic (exact) mass is 371 g/mol. The number of hydrogen-bond donors (Lipinski definition) is 2. The van der Waals surface area contributed by atoms with E-state index in [1.165, 1.54) is 36.0 Å². The molecule has 0 saturated carbocycles. The minimum Gasteiger partial charge on any atom is -0.492 e. The molecule has 2 N–H and O–H groups in total. The number of rotatable bonds is 5. The van der Waals surface area contributed by atoms with Gasteiger partial charge >= 0.3 is 0 Å². The van der Waals surface area contributed by atoms with E-state index in [-0.39, 0.29) is 16.5 Å². The summed E-state index contributed by atoms with van der Waals surface area (Å²) in [6, 6.07) is 15.1. The first kappa shape index (κ1) is 17.8. The van der Waals surface area contributed by atoms with Gasteiger partial charge in [0.25, 0.3) is 0 Å². The number of benzene rings is 2. The Morgan fingerprint density at radius 2 is 1.69 bits per heavy atom. The Kier molecular flexibility index (Phi) is 4.83. The molecule has 8 nitrogen and oxygen atoms in total. The van der Waals surface area contributed by atoms with Gasteiger partial charge in [-0.15, -0.1) is 5.11 Å². The van der Waals surface area contributed by atoms with Crippen LogP contribution in [0, 0.1) is 6.92 Å². The lowest BCUT2D eigenvalue weighted by Gasteiger charge is -2.02. The number of para-hydroxylation sites is 1. The Morgan fingerprint density at radius 1 is 1.04 bits per heavy atom. The summed E-state index contributed by atoms with van der Waals surface area (Å²) in [6.07, 6.45) is 0. The van der Waals surface area contributed by atoms with Crippen molar-refractivity contribution in [2.24, 2.45) is 10.2 Å². The molecule has 1 heterocycles. The highest BCUT2D eigenvalue weighted by Crippen LogP contribution is 2.33. The molecule has 0 bridgehead atoms. The predicted octanol–water partition coefficient (Wildman–Crippen LogP) is 3.21. The third-order valence-electron chi connectivity index (χ3n) is 3.69. The van der Waals surface area contributed by atoms with Crippen molar-refractivity contribution in [2.75, 3.05) is 7.05 Å². The van der Waals surface area contributed by atoms with Crippen LogP contribution in [0.1, 0.15) is 5.69 Å². The van der Waals surface area contributed by atoms with Crippen LogP contribution < -0.4 is 4.72 Å². The fraction of sp³-hybridized carbons (Fsp3) is 0.118. The van der Waals surface area contributed by atoms with Crippen molar-refractivity contribution in [3.63, 3.8) is 0 Å². The molecule has 0 spiro atoms. The van der Waals surface area contributed by atoms with Crippen molar-refractivity contribution in [1.82, 2.24) is 14.5 Å². The summed E-state index contributed by atoms with van der Waals surface area (Å²) in [5.74, 6) is -0.119. The zero-order valence-corrected chi connectivity index (χ0v) is 15.0. The molecule has 3 aromatic rings. The Labute approximate surface area is 150 Å². The normalized spacial score (nSPS) is 11.9. The molecule has 0 fully saturated rings. The average Bonchev–Trinajstić information content (AvgIpc) is 2.95. The standard InChI is InChI=1S/C17H17N5O3S/c1-12-16(17(23)22(21-12)14-6-4-3-5-7-14)20-19-13-8-10-15(11-9-13)26(24,25)18-2/h3-11,18,23H,1-2H3. The fourth-order valence-electron chi connectivity index (χ4n) is 2.29. The van der Waals surface area contributed by atoms with Gasteiger partial charge in [0.1, 0.15) is 0 Å². The van der Waals surface area contributed by atoms with E-state index in [9.17, 15) is 13.5 Å². The lowest BCUT2D eigenvalue weighted by molar-refractivity contribution is 0.434. The molecule has 0 aliphatic heterocycles. The maximum Gasteiger partial charge on any atom is 0.243 e. The van der Waals surface area contributed by atoms with Crippen LogP contribution in [-0.2, 0) is 10.0 Å². The van der Waals surface area contributed by atoms with Crippen LogP contribution in [0.25, 0.3) is 5.69 Å². The molecule has 1 aromatic heterocycles. The highest BCUT2D eigenvalue weighted by atomic mass is 32.2. The van der Waals surface area contributed by atoms with Crippen LogP contribution >= 0.6 is 0 Å². The van der Waals surface area contributed by atoms with Crippen molar-refractivity contribution < 1.29 is 13.5 Å². The van der Waals surface area contributed by atoms with Crippen LogP contribution in [0.3, 0.4) is 0 Å². The molecule has 0 radical (unpaired) electrons. The van der Waals surface area contributed by atoms with Gasteiger partial charge in [-0.2, -0.15) is 14.9 Å². The summed E-state index contributed by atoms with van der Waals surface area (Å²) in [5, 5.41) is 22.8. The number of sulfonamides is 1. The van der Waals surface area contributed by atoms with Crippen LogP contribution in [0.15, 0.2) is 69.7 Å². The molecule has 9 heteroatoms. The Morgan fingerprint density at radius 3 is 2.31 bits per heavy atom. The van der Waals surface area contributed by atoms with E-state index < -0.39 is 10.0 Å². The summed E-state index contributed by atoms with van der Waals surface area (Å²) in [7, 11) is -2.15. The summed E-state index contributed by atoms with van der Waals surface area (Å²) in [5.41, 5.74) is 1.92. The van der Waals surface area contributed by atoms with Crippen molar-refractivity contribution in [2.45, 2.75) is 11.8 Å². The highest BCUT2D eigenvalue weighted by molar-refractivity contribution is 7.89. The zero-order valence-electron chi connectivity index (χ0n) is 14.2. The first-order valence-corrected chi connectivity index (χ1v) is 9.20. The van der Waals surface area contributed by atoms with E-state index in [0.29, 0.717) is 17.1 Å². The van der Waals surface area contributed by atoms with Crippen molar-refractivity contribution in [1.29, 1.82) is 0 Å². The summed E-state index contributed by atoms with van der Waals surface area (Å²) < 4.78 is 27.0. The SMILES string of the molecule is CNS(=O)(=O)c1ccc(N=Nc2c(C)nn(-c3ccccc3)c2O)cc1. The van der Waals surface area contributed by atoms with Gasteiger partial charge in [-0.1, -0.05) is 18.2 Å². The van der Waals surface area contributed by atoms with Gasteiger partial charge in [0.15, 0.2) is 5.69 Å². The van der Waals surface area contributed by atoms with E-state index in [1.54, 1.807) is 6.92 Å². The second-order valence-corrected chi connectivity index (χ2v) is 7.29. The van der Waals surface area contributed by atoms with Gasteiger partial charge < -0.3 is 5.11 Å². The van der Waals surface area contributed by atoms with Gasteiger partial charge in [0, 0.05) is 0 Å². The van der Waals surface area contributed by atoms with Crippen LogP contribution in [0.5, 0.6) is 5.88 Å². The van der Waals surface area contributed by atoms with E-state index in [0.717, 1.165) is 0 Å². The Hall–Kier alpha value is -3.04. The second kappa shape index (κ2) is 7.06. The summed E-state index contributed by atoms with van der Waals surface area (Å²) in [6.45, 7) is 1.72. The molecular formula is C17H17N5O3S. The van der Waals surface area contributed by atoms with E-state index in [1.807, 2.05) is 30.3 Å². The second-order valence-electron chi connectivity index (χ2n) is 5.41. The number of aromatic nitrogens is 2. The lowest BCUT2D eigenvalue weighted by atomic mass is 10.3. The molecule has 0 aliphatic carbocycles. The largest absolute Gasteiger partial charge is 0.492 e. The molecule has 0 unspecified atom stereocenters. The molecule has 0 aliphatic rings. The number of aromatic hydroxyl groups is 1. The van der Waals surface area contributed by atoms with Crippen LogP contribution in [0.2, 0.25) is 0 Å². The third-order valence-corrected chi connectivity index (χ3v) is 5.12. The molecule has 134 valence electrons. The molecule has 26 heavy (non-hydrogen) atoms. The van der Waals surface area contributed by atoms with Crippen LogP contribution in [-0.4, -0.2) is 30.4 Å². The Balaban J connectivity index is 1.89. The minimum atomic E-state index is -3.50. The molecule has 0 amide bonds. The van der Waals surface area contributed by atoms with Gasteiger partial charge in [0.2, 0.25) is 15.9 Å². The summed E-state index contributed by atoms with van der Waals surface area (Å²) in [4.78, 5) is 0.134. The molecule has 3 rings (SSSR count). The number of nitrogens with zero attached hydrogens (tertiary/aromatic N) is 4. The van der Waals surface area contributed by atoms with Crippen molar-refractivity contribution in [3.8, 4) is 11.6 Å². The van der Waals surface area contributed by atoms with Gasteiger partial charge in [-0.3, -0.25) is 0 Å². The van der Waals surface area contributed by atoms with E-state index >= 15 is 0 Å². The van der Waals surface area contributed by atoms with Gasteiger partial charge in [0.05, 0.1) is 22.0 Å². The number of nitrogens with one attached hydrogen (secondary N) is 1. The topological polar surface area (TPSA) is 109 Å².